The van der Waals surface area contributed by atoms with Crippen molar-refractivity contribution in [2.45, 2.75) is 31.8 Å². The minimum Gasteiger partial charge on any atom is -0.350 e. The summed E-state index contributed by atoms with van der Waals surface area (Å²) in [5.41, 5.74) is 1.46. The van der Waals surface area contributed by atoms with Crippen molar-refractivity contribution in [2.75, 3.05) is 13.1 Å². The van der Waals surface area contributed by atoms with Crippen LogP contribution in [0.25, 0.3) is 11.0 Å². The average molecular weight is 372 g/mol. The van der Waals surface area contributed by atoms with Crippen LogP contribution in [-0.2, 0) is 11.3 Å². The fourth-order valence-corrected chi connectivity index (χ4v) is 4.13. The molecule has 1 amide bonds. The molecule has 0 spiro atoms. The van der Waals surface area contributed by atoms with E-state index in [9.17, 15) is 9.18 Å². The van der Waals surface area contributed by atoms with Crippen molar-refractivity contribution >= 4 is 28.3 Å². The quantitative estimate of drug-likeness (QED) is 0.719. The molecule has 1 unspecified atom stereocenters. The standard InChI is InChI=1S/C19H21FN4OS/c20-13-6-7-15-16(10-13)23-19(22-15)17-5-1-2-8-24(17)12-18(25)21-11-14-4-3-9-26-14/h3-4,6-7,9-10,17H,1-2,5,8,11-12H2,(H,21,25)(H,22,23). The van der Waals surface area contributed by atoms with E-state index in [0.717, 1.165) is 42.0 Å². The average Bonchev–Trinajstić information content (AvgIpc) is 3.29. The number of amides is 1. The number of hydrogen-bond donors (Lipinski definition) is 2. The number of nitrogens with one attached hydrogen (secondary N) is 2. The number of halogens is 1. The van der Waals surface area contributed by atoms with Gasteiger partial charge >= 0.3 is 0 Å². The lowest BCUT2D eigenvalue weighted by molar-refractivity contribution is -0.123. The third-order valence-electron chi connectivity index (χ3n) is 4.78. The second-order valence-electron chi connectivity index (χ2n) is 6.62. The molecule has 1 aromatic carbocycles. The summed E-state index contributed by atoms with van der Waals surface area (Å²) >= 11 is 1.64. The Hall–Kier alpha value is -2.25. The molecule has 1 atom stereocenters. The highest BCUT2D eigenvalue weighted by Gasteiger charge is 2.28. The molecule has 1 aliphatic rings. The number of fused-ring (bicyclic) bond motifs is 1. The molecule has 2 N–H and O–H groups in total. The Morgan fingerprint density at radius 1 is 1.38 bits per heavy atom. The molecular formula is C19H21FN4OS. The molecule has 0 saturated carbocycles. The Morgan fingerprint density at radius 2 is 2.31 bits per heavy atom. The van der Waals surface area contributed by atoms with Crippen molar-refractivity contribution in [2.24, 2.45) is 0 Å². The van der Waals surface area contributed by atoms with Crippen molar-refractivity contribution in [3.05, 3.63) is 52.2 Å². The predicted molar refractivity (Wildman–Crippen MR) is 100 cm³/mol. The lowest BCUT2D eigenvalue weighted by atomic mass is 10.0. The highest BCUT2D eigenvalue weighted by atomic mass is 32.1. The summed E-state index contributed by atoms with van der Waals surface area (Å²) in [5, 5.41) is 4.99. The van der Waals surface area contributed by atoms with Gasteiger partial charge in [0.05, 0.1) is 30.2 Å². The van der Waals surface area contributed by atoms with E-state index in [0.29, 0.717) is 18.6 Å². The molecular weight excluding hydrogens is 351 g/mol. The number of carbonyl (C=O) groups is 1. The van der Waals surface area contributed by atoms with E-state index in [1.807, 2.05) is 17.5 Å². The van der Waals surface area contributed by atoms with Gasteiger partial charge in [0.25, 0.3) is 0 Å². The number of aromatic nitrogens is 2. The highest BCUT2D eigenvalue weighted by molar-refractivity contribution is 7.09. The zero-order valence-corrected chi connectivity index (χ0v) is 15.2. The molecule has 0 radical (unpaired) electrons. The minimum absolute atomic E-state index is 0.0208. The zero-order valence-electron chi connectivity index (χ0n) is 14.4. The Bertz CT molecular complexity index is 892. The first-order chi connectivity index (χ1) is 12.7. The normalized spacial score (nSPS) is 18.3. The lowest BCUT2D eigenvalue weighted by Crippen LogP contribution is -2.41. The first-order valence-electron chi connectivity index (χ1n) is 8.87. The molecule has 0 bridgehead atoms. The van der Waals surface area contributed by atoms with Crippen LogP contribution in [-0.4, -0.2) is 33.9 Å². The van der Waals surface area contributed by atoms with Crippen LogP contribution >= 0.6 is 11.3 Å². The maximum absolute atomic E-state index is 13.4. The molecule has 2 aromatic heterocycles. The summed E-state index contributed by atoms with van der Waals surface area (Å²) in [6.07, 6.45) is 3.12. The summed E-state index contributed by atoms with van der Waals surface area (Å²) < 4.78 is 13.4. The minimum atomic E-state index is -0.277. The van der Waals surface area contributed by atoms with Crippen LogP contribution in [0.4, 0.5) is 4.39 Å². The molecule has 1 saturated heterocycles. The van der Waals surface area contributed by atoms with Gasteiger partial charge in [0, 0.05) is 4.88 Å². The molecule has 136 valence electrons. The van der Waals surface area contributed by atoms with Gasteiger partial charge in [0.15, 0.2) is 0 Å². The van der Waals surface area contributed by atoms with Gasteiger partial charge in [-0.15, -0.1) is 11.3 Å². The molecule has 4 rings (SSSR count). The number of likely N-dealkylation sites (tertiary alicyclic amines) is 1. The van der Waals surface area contributed by atoms with E-state index in [1.54, 1.807) is 17.4 Å². The van der Waals surface area contributed by atoms with Crippen LogP contribution in [0.5, 0.6) is 0 Å². The van der Waals surface area contributed by atoms with Gasteiger partial charge in [0.2, 0.25) is 5.91 Å². The molecule has 26 heavy (non-hydrogen) atoms. The van der Waals surface area contributed by atoms with Crippen molar-refractivity contribution < 1.29 is 9.18 Å². The maximum Gasteiger partial charge on any atom is 0.234 e. The predicted octanol–water partition coefficient (Wildman–Crippen LogP) is 3.61. The lowest BCUT2D eigenvalue weighted by Gasteiger charge is -2.33. The first-order valence-corrected chi connectivity index (χ1v) is 9.75. The second-order valence-corrected chi connectivity index (χ2v) is 7.65. The number of H-pyrrole nitrogens is 1. The number of piperidine rings is 1. The topological polar surface area (TPSA) is 61.0 Å². The van der Waals surface area contributed by atoms with Crippen LogP contribution in [0.3, 0.4) is 0 Å². The Morgan fingerprint density at radius 3 is 3.15 bits per heavy atom. The largest absolute Gasteiger partial charge is 0.350 e. The Labute approximate surface area is 155 Å². The van der Waals surface area contributed by atoms with E-state index in [1.165, 1.54) is 12.1 Å². The number of imidazole rings is 1. The van der Waals surface area contributed by atoms with Crippen molar-refractivity contribution in [1.29, 1.82) is 0 Å². The number of rotatable bonds is 5. The van der Waals surface area contributed by atoms with Gasteiger partial charge in [-0.3, -0.25) is 9.69 Å². The van der Waals surface area contributed by atoms with E-state index < -0.39 is 0 Å². The van der Waals surface area contributed by atoms with Crippen LogP contribution in [0.1, 0.15) is 36.0 Å². The van der Waals surface area contributed by atoms with Crippen molar-refractivity contribution in [3.8, 4) is 0 Å². The summed E-state index contributed by atoms with van der Waals surface area (Å²) in [6.45, 7) is 1.78. The van der Waals surface area contributed by atoms with Gasteiger partial charge in [0.1, 0.15) is 11.6 Å². The number of carbonyl (C=O) groups excluding carboxylic acids is 1. The van der Waals surface area contributed by atoms with Crippen LogP contribution in [0.15, 0.2) is 35.7 Å². The zero-order chi connectivity index (χ0) is 17.9. The van der Waals surface area contributed by atoms with Gasteiger partial charge in [-0.05, 0) is 49.0 Å². The smallest absolute Gasteiger partial charge is 0.234 e. The van der Waals surface area contributed by atoms with Crippen molar-refractivity contribution in [3.63, 3.8) is 0 Å². The fourth-order valence-electron chi connectivity index (χ4n) is 3.49. The monoisotopic (exact) mass is 372 g/mol. The SMILES string of the molecule is O=C(CN1CCCCC1c1nc2ccc(F)cc2[nH]1)NCc1cccs1. The van der Waals surface area contributed by atoms with Gasteiger partial charge in [-0.1, -0.05) is 12.5 Å². The van der Waals surface area contributed by atoms with E-state index in [4.69, 9.17) is 0 Å². The number of benzene rings is 1. The molecule has 7 heteroatoms. The van der Waals surface area contributed by atoms with Gasteiger partial charge < -0.3 is 10.3 Å². The Kier molecular flexibility index (Phi) is 4.99. The molecule has 3 heterocycles. The molecule has 1 fully saturated rings. The summed E-state index contributed by atoms with van der Waals surface area (Å²) in [7, 11) is 0. The number of nitrogens with zero attached hydrogens (tertiary/aromatic N) is 2. The third-order valence-corrected chi connectivity index (χ3v) is 5.65. The second kappa shape index (κ2) is 7.55. The molecule has 1 aliphatic heterocycles. The number of hydrogen-bond acceptors (Lipinski definition) is 4. The first kappa shape index (κ1) is 17.2. The van der Waals surface area contributed by atoms with Crippen LogP contribution in [0.2, 0.25) is 0 Å². The fraction of sp³-hybridized carbons (Fsp3) is 0.368. The third kappa shape index (κ3) is 3.78. The van der Waals surface area contributed by atoms with Crippen LogP contribution in [0, 0.1) is 5.82 Å². The van der Waals surface area contributed by atoms with Crippen molar-refractivity contribution in [1.82, 2.24) is 20.2 Å². The summed E-state index contributed by atoms with van der Waals surface area (Å²) in [6, 6.07) is 8.63. The maximum atomic E-state index is 13.4. The van der Waals surface area contributed by atoms with Crippen LogP contribution < -0.4 is 5.32 Å². The number of aromatic amines is 1. The summed E-state index contributed by atoms with van der Waals surface area (Å²) in [5.74, 6) is 0.560. The van der Waals surface area contributed by atoms with E-state index in [-0.39, 0.29) is 17.8 Å². The van der Waals surface area contributed by atoms with E-state index >= 15 is 0 Å². The van der Waals surface area contributed by atoms with E-state index in [2.05, 4.69) is 20.2 Å². The Balaban J connectivity index is 1.45. The highest BCUT2D eigenvalue weighted by Crippen LogP contribution is 2.30. The molecule has 3 aromatic rings. The number of thiophene rings is 1. The molecule has 5 nitrogen and oxygen atoms in total. The molecule has 0 aliphatic carbocycles. The van der Waals surface area contributed by atoms with Gasteiger partial charge in [-0.2, -0.15) is 0 Å². The van der Waals surface area contributed by atoms with Gasteiger partial charge in [-0.25, -0.2) is 9.37 Å². The summed E-state index contributed by atoms with van der Waals surface area (Å²) in [4.78, 5) is 23.6.